The SMILES string of the molecule is CCOC(=O)CC(=O)CS(=O)(=O)c1cc(Cl)ccc1Cl. The summed E-state index contributed by atoms with van der Waals surface area (Å²) in [6, 6.07) is 3.92. The van der Waals surface area contributed by atoms with Crippen molar-refractivity contribution >= 4 is 44.8 Å². The maximum absolute atomic E-state index is 12.0. The summed E-state index contributed by atoms with van der Waals surface area (Å²) in [5, 5.41) is 0.157. The zero-order valence-corrected chi connectivity index (χ0v) is 12.9. The molecule has 0 bridgehead atoms. The number of sulfone groups is 1. The average molecular weight is 339 g/mol. The first-order valence-corrected chi connectivity index (χ1v) is 8.02. The van der Waals surface area contributed by atoms with Crippen LogP contribution in [0, 0.1) is 0 Å². The van der Waals surface area contributed by atoms with Gasteiger partial charge >= 0.3 is 5.97 Å². The molecule has 0 aliphatic carbocycles. The molecule has 0 aromatic heterocycles. The number of ether oxygens (including phenoxy) is 1. The quantitative estimate of drug-likeness (QED) is 0.587. The number of carbonyl (C=O) groups excluding carboxylic acids is 2. The summed E-state index contributed by atoms with van der Waals surface area (Å²) >= 11 is 11.5. The van der Waals surface area contributed by atoms with Gasteiger partial charge in [0.25, 0.3) is 0 Å². The van der Waals surface area contributed by atoms with Crippen molar-refractivity contribution in [3.63, 3.8) is 0 Å². The fourth-order valence-corrected chi connectivity index (χ4v) is 3.49. The molecule has 0 aliphatic rings. The van der Waals surface area contributed by atoms with E-state index in [1.54, 1.807) is 6.92 Å². The van der Waals surface area contributed by atoms with Gasteiger partial charge < -0.3 is 4.74 Å². The Hall–Kier alpha value is -1.11. The molecule has 0 heterocycles. The largest absolute Gasteiger partial charge is 0.466 e. The van der Waals surface area contributed by atoms with E-state index in [2.05, 4.69) is 4.74 Å². The first-order valence-electron chi connectivity index (χ1n) is 5.61. The molecule has 0 unspecified atom stereocenters. The predicted molar refractivity (Wildman–Crippen MR) is 74.8 cm³/mol. The number of rotatable bonds is 6. The van der Waals surface area contributed by atoms with Crippen LogP contribution in [0.3, 0.4) is 0 Å². The number of hydrogen-bond acceptors (Lipinski definition) is 5. The Morgan fingerprint density at radius 3 is 2.50 bits per heavy atom. The van der Waals surface area contributed by atoms with E-state index in [1.807, 2.05) is 0 Å². The van der Waals surface area contributed by atoms with Gasteiger partial charge in [0.1, 0.15) is 12.2 Å². The van der Waals surface area contributed by atoms with Gasteiger partial charge in [-0.2, -0.15) is 0 Å². The van der Waals surface area contributed by atoms with Crippen molar-refractivity contribution in [2.24, 2.45) is 0 Å². The molecule has 0 atom stereocenters. The lowest BCUT2D eigenvalue weighted by atomic mass is 10.3. The Labute approximate surface area is 126 Å². The molecule has 0 radical (unpaired) electrons. The number of hydrogen-bond donors (Lipinski definition) is 0. The van der Waals surface area contributed by atoms with E-state index in [0.717, 1.165) is 6.07 Å². The second-order valence-corrected chi connectivity index (χ2v) is 6.66. The zero-order valence-electron chi connectivity index (χ0n) is 10.6. The highest BCUT2D eigenvalue weighted by Crippen LogP contribution is 2.26. The maximum atomic E-state index is 12.0. The Morgan fingerprint density at radius 1 is 1.25 bits per heavy atom. The fourth-order valence-electron chi connectivity index (χ4n) is 1.43. The Morgan fingerprint density at radius 2 is 1.90 bits per heavy atom. The molecule has 0 saturated heterocycles. The third kappa shape index (κ3) is 4.77. The molecule has 0 fully saturated rings. The topological polar surface area (TPSA) is 77.5 Å². The van der Waals surface area contributed by atoms with Crippen LogP contribution in [-0.4, -0.2) is 32.5 Å². The number of benzene rings is 1. The van der Waals surface area contributed by atoms with E-state index < -0.39 is 33.8 Å². The van der Waals surface area contributed by atoms with Gasteiger partial charge in [-0.25, -0.2) is 8.42 Å². The zero-order chi connectivity index (χ0) is 15.3. The average Bonchev–Trinajstić information content (AvgIpc) is 2.31. The van der Waals surface area contributed by atoms with Crippen molar-refractivity contribution in [2.45, 2.75) is 18.2 Å². The lowest BCUT2D eigenvalue weighted by Crippen LogP contribution is -2.20. The van der Waals surface area contributed by atoms with E-state index in [0.29, 0.717) is 0 Å². The molecule has 1 aromatic carbocycles. The molecule has 5 nitrogen and oxygen atoms in total. The molecule has 1 aromatic rings. The molecule has 0 amide bonds. The van der Waals surface area contributed by atoms with Crippen LogP contribution in [0.2, 0.25) is 10.0 Å². The predicted octanol–water partition coefficient (Wildman–Crippen LogP) is 2.29. The summed E-state index contributed by atoms with van der Waals surface area (Å²) in [6.45, 7) is 1.71. The Bertz CT molecular complexity index is 625. The summed E-state index contributed by atoms with van der Waals surface area (Å²) in [6.07, 6.45) is -0.592. The smallest absolute Gasteiger partial charge is 0.313 e. The molecule has 0 aliphatic heterocycles. The third-order valence-corrected chi connectivity index (χ3v) is 4.61. The summed E-state index contributed by atoms with van der Waals surface area (Å²) in [5.41, 5.74) is 0. The third-order valence-electron chi connectivity index (χ3n) is 2.23. The van der Waals surface area contributed by atoms with Crippen molar-refractivity contribution in [1.29, 1.82) is 0 Å². The fraction of sp³-hybridized carbons (Fsp3) is 0.333. The van der Waals surface area contributed by atoms with Crippen LogP contribution in [0.25, 0.3) is 0 Å². The minimum atomic E-state index is -3.95. The molecule has 1 rings (SSSR count). The van der Waals surface area contributed by atoms with E-state index in [9.17, 15) is 18.0 Å². The highest BCUT2D eigenvalue weighted by atomic mass is 35.5. The van der Waals surface area contributed by atoms with Gasteiger partial charge in [0.15, 0.2) is 15.6 Å². The van der Waals surface area contributed by atoms with Crippen LogP contribution < -0.4 is 0 Å². The van der Waals surface area contributed by atoms with Crippen molar-refractivity contribution in [1.82, 2.24) is 0 Å². The minimum Gasteiger partial charge on any atom is -0.466 e. The summed E-state index contributed by atoms with van der Waals surface area (Å²) < 4.78 is 28.7. The normalized spacial score (nSPS) is 11.2. The van der Waals surface area contributed by atoms with Gasteiger partial charge in [0, 0.05) is 5.02 Å². The molecular weight excluding hydrogens is 327 g/mol. The van der Waals surface area contributed by atoms with Crippen molar-refractivity contribution < 1.29 is 22.7 Å². The summed E-state index contributed by atoms with van der Waals surface area (Å²) in [5.74, 6) is -2.35. The highest BCUT2D eigenvalue weighted by Gasteiger charge is 2.24. The van der Waals surface area contributed by atoms with E-state index >= 15 is 0 Å². The molecular formula is C12H12Cl2O5S. The molecule has 110 valence electrons. The van der Waals surface area contributed by atoms with Gasteiger partial charge in [0.2, 0.25) is 0 Å². The summed E-state index contributed by atoms with van der Waals surface area (Å²) in [7, 11) is -3.95. The molecule has 0 spiro atoms. The van der Waals surface area contributed by atoms with E-state index in [-0.39, 0.29) is 21.5 Å². The monoisotopic (exact) mass is 338 g/mol. The molecule has 0 saturated carbocycles. The second-order valence-electron chi connectivity index (χ2n) is 3.85. The lowest BCUT2D eigenvalue weighted by Gasteiger charge is -2.06. The number of esters is 1. The number of halogens is 2. The maximum Gasteiger partial charge on any atom is 0.313 e. The van der Waals surface area contributed by atoms with Gasteiger partial charge in [0.05, 0.1) is 16.5 Å². The van der Waals surface area contributed by atoms with Gasteiger partial charge in [-0.1, -0.05) is 23.2 Å². The lowest BCUT2D eigenvalue weighted by molar-refractivity contribution is -0.145. The van der Waals surface area contributed by atoms with Crippen molar-refractivity contribution in [3.05, 3.63) is 28.2 Å². The standard InChI is InChI=1S/C12H12Cl2O5S/c1-2-19-12(16)6-9(15)7-20(17,18)11-5-8(13)3-4-10(11)14/h3-5H,2,6-7H2,1H3. The number of carbonyl (C=O) groups is 2. The number of Topliss-reactive ketones (excluding diaryl/α,β-unsaturated/α-hetero) is 1. The minimum absolute atomic E-state index is 0.0293. The second kappa shape index (κ2) is 7.06. The van der Waals surface area contributed by atoms with Crippen molar-refractivity contribution in [2.75, 3.05) is 12.4 Å². The van der Waals surface area contributed by atoms with E-state index in [4.69, 9.17) is 23.2 Å². The van der Waals surface area contributed by atoms with E-state index in [1.165, 1.54) is 12.1 Å². The van der Waals surface area contributed by atoms with Crippen molar-refractivity contribution in [3.8, 4) is 0 Å². The first-order chi connectivity index (χ1) is 9.26. The van der Waals surface area contributed by atoms with Gasteiger partial charge in [-0.3, -0.25) is 9.59 Å². The van der Waals surface area contributed by atoms with Crippen LogP contribution in [0.1, 0.15) is 13.3 Å². The molecule has 20 heavy (non-hydrogen) atoms. The molecule has 0 N–H and O–H groups in total. The van der Waals surface area contributed by atoms with Crippen LogP contribution in [0.4, 0.5) is 0 Å². The van der Waals surface area contributed by atoms with Gasteiger partial charge in [-0.05, 0) is 25.1 Å². The Kier molecular flexibility index (Phi) is 5.98. The summed E-state index contributed by atoms with van der Waals surface area (Å²) in [4.78, 5) is 22.4. The van der Waals surface area contributed by atoms with Crippen LogP contribution >= 0.6 is 23.2 Å². The van der Waals surface area contributed by atoms with Crippen LogP contribution in [-0.2, 0) is 24.2 Å². The highest BCUT2D eigenvalue weighted by molar-refractivity contribution is 7.92. The molecule has 8 heteroatoms. The van der Waals surface area contributed by atoms with Gasteiger partial charge in [-0.15, -0.1) is 0 Å². The van der Waals surface area contributed by atoms with Crippen LogP contribution in [0.15, 0.2) is 23.1 Å². The Balaban J connectivity index is 2.87. The van der Waals surface area contributed by atoms with Crippen LogP contribution in [0.5, 0.6) is 0 Å². The first kappa shape index (κ1) is 16.9. The number of ketones is 1.